The molecular formula is C16H21N3O. The highest BCUT2D eigenvalue weighted by atomic mass is 16.1. The highest BCUT2D eigenvalue weighted by molar-refractivity contribution is 5.94. The number of nitrogens with zero attached hydrogens (tertiary/aromatic N) is 1. The molecule has 0 bridgehead atoms. The van der Waals surface area contributed by atoms with Gasteiger partial charge in [0.1, 0.15) is 5.69 Å². The van der Waals surface area contributed by atoms with Gasteiger partial charge in [-0.05, 0) is 36.8 Å². The Labute approximate surface area is 120 Å². The SMILES string of the molecule is CC1CCC(CNC(=O)c2ncccc2C#CCN)C1. The van der Waals surface area contributed by atoms with Crippen LogP contribution in [0.4, 0.5) is 0 Å². The minimum Gasteiger partial charge on any atom is -0.350 e. The van der Waals surface area contributed by atoms with Crippen LogP contribution < -0.4 is 11.1 Å². The van der Waals surface area contributed by atoms with E-state index in [1.165, 1.54) is 19.3 Å². The van der Waals surface area contributed by atoms with Gasteiger partial charge in [0.15, 0.2) is 0 Å². The molecule has 0 aliphatic heterocycles. The molecule has 1 aliphatic carbocycles. The number of rotatable bonds is 3. The summed E-state index contributed by atoms with van der Waals surface area (Å²) >= 11 is 0. The van der Waals surface area contributed by atoms with Gasteiger partial charge in [-0.15, -0.1) is 0 Å². The van der Waals surface area contributed by atoms with Crippen LogP contribution in [-0.2, 0) is 0 Å². The number of nitrogens with two attached hydrogens (primary N) is 1. The van der Waals surface area contributed by atoms with Gasteiger partial charge in [0.2, 0.25) is 0 Å². The van der Waals surface area contributed by atoms with Crippen molar-refractivity contribution in [3.8, 4) is 11.8 Å². The van der Waals surface area contributed by atoms with E-state index in [0.717, 1.165) is 12.5 Å². The van der Waals surface area contributed by atoms with Crippen LogP contribution in [0.5, 0.6) is 0 Å². The number of nitrogens with one attached hydrogen (secondary N) is 1. The summed E-state index contributed by atoms with van der Waals surface area (Å²) in [7, 11) is 0. The summed E-state index contributed by atoms with van der Waals surface area (Å²) in [6, 6.07) is 3.57. The van der Waals surface area contributed by atoms with E-state index < -0.39 is 0 Å². The Balaban J connectivity index is 1.98. The highest BCUT2D eigenvalue weighted by Crippen LogP contribution is 2.29. The van der Waals surface area contributed by atoms with Crippen LogP contribution in [0.2, 0.25) is 0 Å². The molecule has 4 nitrogen and oxygen atoms in total. The molecule has 1 aromatic rings. The average Bonchev–Trinajstić information content (AvgIpc) is 2.88. The summed E-state index contributed by atoms with van der Waals surface area (Å²) in [4.78, 5) is 16.3. The van der Waals surface area contributed by atoms with E-state index in [4.69, 9.17) is 5.73 Å². The molecule has 3 N–H and O–H groups in total. The smallest absolute Gasteiger partial charge is 0.271 e. The van der Waals surface area contributed by atoms with Crippen molar-refractivity contribution in [2.24, 2.45) is 17.6 Å². The van der Waals surface area contributed by atoms with E-state index in [-0.39, 0.29) is 12.5 Å². The second-order valence-electron chi connectivity index (χ2n) is 5.40. The second kappa shape index (κ2) is 7.06. The lowest BCUT2D eigenvalue weighted by atomic mass is 10.1. The molecule has 1 saturated carbocycles. The quantitative estimate of drug-likeness (QED) is 0.820. The van der Waals surface area contributed by atoms with Crippen molar-refractivity contribution in [1.29, 1.82) is 0 Å². The summed E-state index contributed by atoms with van der Waals surface area (Å²) < 4.78 is 0. The van der Waals surface area contributed by atoms with E-state index in [1.807, 2.05) is 0 Å². The highest BCUT2D eigenvalue weighted by Gasteiger charge is 2.22. The molecule has 2 atom stereocenters. The third kappa shape index (κ3) is 3.82. The molecule has 2 rings (SSSR count). The topological polar surface area (TPSA) is 68.0 Å². The Morgan fingerprint density at radius 1 is 1.55 bits per heavy atom. The average molecular weight is 271 g/mol. The van der Waals surface area contributed by atoms with Crippen LogP contribution in [0.1, 0.15) is 42.2 Å². The predicted molar refractivity (Wildman–Crippen MR) is 79.0 cm³/mol. The van der Waals surface area contributed by atoms with Crippen molar-refractivity contribution >= 4 is 5.91 Å². The van der Waals surface area contributed by atoms with E-state index in [1.54, 1.807) is 18.3 Å². The van der Waals surface area contributed by atoms with E-state index in [2.05, 4.69) is 29.1 Å². The molecule has 1 amide bonds. The number of hydrogen-bond acceptors (Lipinski definition) is 3. The van der Waals surface area contributed by atoms with E-state index >= 15 is 0 Å². The summed E-state index contributed by atoms with van der Waals surface area (Å²) in [5, 5.41) is 2.98. The number of aromatic nitrogens is 1. The molecule has 0 saturated heterocycles. The Kier molecular flexibility index (Phi) is 5.14. The summed E-state index contributed by atoms with van der Waals surface area (Å²) in [5.74, 6) is 6.87. The van der Waals surface area contributed by atoms with Gasteiger partial charge in [0.05, 0.1) is 12.1 Å². The van der Waals surface area contributed by atoms with Crippen molar-refractivity contribution < 1.29 is 4.79 Å². The summed E-state index contributed by atoms with van der Waals surface area (Å²) in [5.41, 5.74) is 6.39. The van der Waals surface area contributed by atoms with Crippen molar-refractivity contribution in [3.05, 3.63) is 29.6 Å². The zero-order valence-electron chi connectivity index (χ0n) is 11.9. The molecule has 1 aromatic heterocycles. The molecule has 20 heavy (non-hydrogen) atoms. The summed E-state index contributed by atoms with van der Waals surface area (Å²) in [6.45, 7) is 3.26. The fourth-order valence-electron chi connectivity index (χ4n) is 2.66. The molecule has 2 unspecified atom stereocenters. The predicted octanol–water partition coefficient (Wildman–Crippen LogP) is 1.56. The number of hydrogen-bond donors (Lipinski definition) is 2. The van der Waals surface area contributed by atoms with Crippen molar-refractivity contribution in [3.63, 3.8) is 0 Å². The Bertz CT molecular complexity index is 530. The largest absolute Gasteiger partial charge is 0.350 e. The first-order valence-corrected chi connectivity index (χ1v) is 7.13. The third-order valence-corrected chi connectivity index (χ3v) is 3.70. The van der Waals surface area contributed by atoms with Gasteiger partial charge in [0.25, 0.3) is 5.91 Å². The third-order valence-electron chi connectivity index (χ3n) is 3.70. The fourth-order valence-corrected chi connectivity index (χ4v) is 2.66. The van der Waals surface area contributed by atoms with Gasteiger partial charge in [-0.2, -0.15) is 0 Å². The van der Waals surface area contributed by atoms with Crippen LogP contribution in [0, 0.1) is 23.7 Å². The lowest BCUT2D eigenvalue weighted by molar-refractivity contribution is 0.0942. The minimum atomic E-state index is -0.147. The maximum Gasteiger partial charge on any atom is 0.271 e. The van der Waals surface area contributed by atoms with Crippen LogP contribution in [-0.4, -0.2) is 24.0 Å². The maximum absolute atomic E-state index is 12.2. The Hall–Kier alpha value is -1.86. The van der Waals surface area contributed by atoms with Gasteiger partial charge in [0, 0.05) is 12.7 Å². The zero-order chi connectivity index (χ0) is 14.4. The number of carbonyl (C=O) groups is 1. The summed E-state index contributed by atoms with van der Waals surface area (Å²) in [6.07, 6.45) is 5.27. The molecule has 1 heterocycles. The van der Waals surface area contributed by atoms with E-state index in [9.17, 15) is 4.79 Å². The molecule has 106 valence electrons. The van der Waals surface area contributed by atoms with Gasteiger partial charge in [-0.25, -0.2) is 4.98 Å². The van der Waals surface area contributed by atoms with E-state index in [0.29, 0.717) is 17.2 Å². The van der Waals surface area contributed by atoms with Gasteiger partial charge < -0.3 is 11.1 Å². The maximum atomic E-state index is 12.2. The van der Waals surface area contributed by atoms with Crippen LogP contribution in [0.3, 0.4) is 0 Å². The van der Waals surface area contributed by atoms with Crippen LogP contribution in [0.25, 0.3) is 0 Å². The molecule has 1 aliphatic rings. The molecule has 4 heteroatoms. The van der Waals surface area contributed by atoms with Gasteiger partial charge in [-0.1, -0.05) is 25.2 Å². The minimum absolute atomic E-state index is 0.147. The number of pyridine rings is 1. The van der Waals surface area contributed by atoms with Crippen LogP contribution >= 0.6 is 0 Å². The van der Waals surface area contributed by atoms with Crippen molar-refractivity contribution in [2.75, 3.05) is 13.1 Å². The normalized spacial score (nSPS) is 21.1. The van der Waals surface area contributed by atoms with Gasteiger partial charge >= 0.3 is 0 Å². The molecule has 0 aromatic carbocycles. The van der Waals surface area contributed by atoms with Crippen LogP contribution in [0.15, 0.2) is 18.3 Å². The number of carbonyl (C=O) groups excluding carboxylic acids is 1. The molecule has 0 spiro atoms. The van der Waals surface area contributed by atoms with Gasteiger partial charge in [-0.3, -0.25) is 4.79 Å². The standard InChI is InChI=1S/C16H21N3O/c1-12-6-7-13(10-12)11-19-16(20)15-14(4-2-8-17)5-3-9-18-15/h3,5,9,12-13H,6-8,10-11,17H2,1H3,(H,19,20). The zero-order valence-corrected chi connectivity index (χ0v) is 11.9. The Morgan fingerprint density at radius 2 is 2.40 bits per heavy atom. The first-order chi connectivity index (χ1) is 9.70. The monoisotopic (exact) mass is 271 g/mol. The van der Waals surface area contributed by atoms with Crippen molar-refractivity contribution in [1.82, 2.24) is 10.3 Å². The molecule has 1 fully saturated rings. The first-order valence-electron chi connectivity index (χ1n) is 7.13. The van der Waals surface area contributed by atoms with Crippen molar-refractivity contribution in [2.45, 2.75) is 26.2 Å². The first kappa shape index (κ1) is 14.5. The molecule has 0 radical (unpaired) electrons. The fraction of sp³-hybridized carbons (Fsp3) is 0.500. The number of amides is 1. The Morgan fingerprint density at radius 3 is 3.10 bits per heavy atom. The molecular weight excluding hydrogens is 250 g/mol. The lowest BCUT2D eigenvalue weighted by Crippen LogP contribution is -2.29. The second-order valence-corrected chi connectivity index (χ2v) is 5.40. The lowest BCUT2D eigenvalue weighted by Gasteiger charge is -2.11.